The highest BCUT2D eigenvalue weighted by atomic mass is 32.1. The van der Waals surface area contributed by atoms with Gasteiger partial charge in [0.2, 0.25) is 0 Å². The SMILES string of the molecule is S=C=NPN=C=S. The summed E-state index contributed by atoms with van der Waals surface area (Å²) in [6, 6.07) is 0. The molecule has 0 saturated carbocycles. The van der Waals surface area contributed by atoms with Crippen LogP contribution in [0.1, 0.15) is 0 Å². The number of rotatable bonds is 2. The molecule has 0 aromatic rings. The fourth-order valence-corrected chi connectivity index (χ4v) is 0.442. The zero-order chi connectivity index (χ0) is 5.54. The first-order chi connectivity index (χ1) is 3.41. The van der Waals surface area contributed by atoms with E-state index < -0.39 is 0 Å². The quantitative estimate of drug-likeness (QED) is 0.338. The highest BCUT2D eigenvalue weighted by Crippen LogP contribution is 2.08. The summed E-state index contributed by atoms with van der Waals surface area (Å²) in [6.07, 6.45) is 0. The summed E-state index contributed by atoms with van der Waals surface area (Å²) in [4.78, 5) is 0. The fourth-order valence-electron chi connectivity index (χ4n) is 0.0658. The topological polar surface area (TPSA) is 24.7 Å². The molecule has 0 aromatic carbocycles. The minimum atomic E-state index is 0.0517. The van der Waals surface area contributed by atoms with Crippen LogP contribution in [0.4, 0.5) is 0 Å². The van der Waals surface area contributed by atoms with Gasteiger partial charge in [0.15, 0.2) is 0 Å². The number of thiocarbonyl (C=S) groups is 2. The van der Waals surface area contributed by atoms with Crippen molar-refractivity contribution in [2.24, 2.45) is 9.53 Å². The van der Waals surface area contributed by atoms with Crippen molar-refractivity contribution in [1.82, 2.24) is 0 Å². The first-order valence-corrected chi connectivity index (χ1v) is 3.01. The van der Waals surface area contributed by atoms with Gasteiger partial charge in [0.05, 0.1) is 10.3 Å². The average molecular weight is 148 g/mol. The van der Waals surface area contributed by atoms with Crippen LogP contribution in [0.3, 0.4) is 0 Å². The van der Waals surface area contributed by atoms with Crippen LogP contribution in [0.5, 0.6) is 0 Å². The van der Waals surface area contributed by atoms with Crippen LogP contribution in [0, 0.1) is 0 Å². The van der Waals surface area contributed by atoms with Crippen molar-refractivity contribution in [2.75, 3.05) is 0 Å². The molecule has 2 nitrogen and oxygen atoms in total. The predicted octanol–water partition coefficient (Wildman–Crippen LogP) is 1.70. The third-order valence-electron chi connectivity index (χ3n) is 0.191. The second-order valence-corrected chi connectivity index (χ2v) is 1.52. The normalized spacial score (nSPS) is 7.43. The minimum absolute atomic E-state index is 0.0517. The van der Waals surface area contributed by atoms with E-state index in [0.717, 1.165) is 0 Å². The monoisotopic (exact) mass is 148 g/mol. The maximum Gasteiger partial charge on any atom is 0.145 e. The van der Waals surface area contributed by atoms with Crippen molar-refractivity contribution >= 4 is 43.6 Å². The Morgan fingerprint density at radius 1 is 1.14 bits per heavy atom. The molecule has 0 unspecified atom stereocenters. The molecule has 0 aliphatic rings. The molecular weight excluding hydrogens is 147 g/mol. The molecule has 0 N–H and O–H groups in total. The molecule has 7 heavy (non-hydrogen) atoms. The van der Waals surface area contributed by atoms with E-state index in [0.29, 0.717) is 0 Å². The van der Waals surface area contributed by atoms with E-state index in [-0.39, 0.29) is 8.88 Å². The van der Waals surface area contributed by atoms with Crippen molar-refractivity contribution in [3.63, 3.8) is 0 Å². The van der Waals surface area contributed by atoms with Gasteiger partial charge in [-0.2, -0.15) is 9.53 Å². The average Bonchev–Trinajstić information content (AvgIpc) is 1.69. The first-order valence-electron chi connectivity index (χ1n) is 1.30. The van der Waals surface area contributed by atoms with Gasteiger partial charge in [0.1, 0.15) is 8.88 Å². The summed E-state index contributed by atoms with van der Waals surface area (Å²) in [5.41, 5.74) is 0. The number of hydrogen-bond donors (Lipinski definition) is 0. The summed E-state index contributed by atoms with van der Waals surface area (Å²) >= 11 is 8.47. The van der Waals surface area contributed by atoms with E-state index in [4.69, 9.17) is 0 Å². The Kier molecular flexibility index (Phi) is 6.06. The lowest BCUT2D eigenvalue weighted by molar-refractivity contribution is 1.87. The largest absolute Gasteiger partial charge is 0.186 e. The van der Waals surface area contributed by atoms with E-state index in [9.17, 15) is 0 Å². The summed E-state index contributed by atoms with van der Waals surface area (Å²) in [6.45, 7) is 0. The lowest BCUT2D eigenvalue weighted by Gasteiger charge is -1.65. The van der Waals surface area contributed by atoms with Crippen molar-refractivity contribution in [2.45, 2.75) is 0 Å². The fraction of sp³-hybridized carbons (Fsp3) is 0. The zero-order valence-corrected chi connectivity index (χ0v) is 5.84. The highest BCUT2D eigenvalue weighted by Gasteiger charge is 1.60. The zero-order valence-electron chi connectivity index (χ0n) is 3.21. The molecule has 0 aliphatic heterocycles. The van der Waals surface area contributed by atoms with Crippen LogP contribution in [-0.4, -0.2) is 10.3 Å². The number of nitrogens with zero attached hydrogens (tertiary/aromatic N) is 2. The Labute approximate surface area is 53.6 Å². The van der Waals surface area contributed by atoms with Crippen molar-refractivity contribution in [3.05, 3.63) is 0 Å². The molecule has 0 heterocycles. The molecule has 0 amide bonds. The van der Waals surface area contributed by atoms with Crippen LogP contribution < -0.4 is 0 Å². The summed E-state index contributed by atoms with van der Waals surface area (Å²) in [5.74, 6) is 0. The van der Waals surface area contributed by atoms with Gasteiger partial charge in [-0.25, -0.2) is 0 Å². The number of isothiocyanates is 2. The van der Waals surface area contributed by atoms with Crippen LogP contribution in [0.25, 0.3) is 0 Å². The molecule has 0 saturated heterocycles. The van der Waals surface area contributed by atoms with Gasteiger partial charge in [-0.1, -0.05) is 0 Å². The van der Waals surface area contributed by atoms with E-state index in [1.165, 1.54) is 0 Å². The smallest absolute Gasteiger partial charge is 0.145 e. The molecule has 0 bridgehead atoms. The van der Waals surface area contributed by atoms with Gasteiger partial charge >= 0.3 is 0 Å². The highest BCUT2D eigenvalue weighted by molar-refractivity contribution is 7.78. The molecule has 5 heteroatoms. The van der Waals surface area contributed by atoms with Crippen molar-refractivity contribution in [3.8, 4) is 0 Å². The standard InChI is InChI=1S/C2HN2PS2/c6-1-3-5-4-2-7/h5H. The van der Waals surface area contributed by atoms with Gasteiger partial charge in [0.25, 0.3) is 0 Å². The lowest BCUT2D eigenvalue weighted by Crippen LogP contribution is -1.34. The second kappa shape index (κ2) is 6.03. The Bertz CT molecular complexity index is 117. The van der Waals surface area contributed by atoms with Crippen LogP contribution >= 0.6 is 33.3 Å². The summed E-state index contributed by atoms with van der Waals surface area (Å²) in [7, 11) is 0.0517. The van der Waals surface area contributed by atoms with Crippen LogP contribution in [0.2, 0.25) is 0 Å². The van der Waals surface area contributed by atoms with Gasteiger partial charge < -0.3 is 0 Å². The lowest BCUT2D eigenvalue weighted by atomic mass is 11.8. The van der Waals surface area contributed by atoms with Crippen molar-refractivity contribution < 1.29 is 0 Å². The van der Waals surface area contributed by atoms with Gasteiger partial charge in [-0.15, -0.1) is 0 Å². The molecular formula is C2HN2PS2. The minimum Gasteiger partial charge on any atom is -0.186 e. The van der Waals surface area contributed by atoms with Gasteiger partial charge in [-0.3, -0.25) is 0 Å². The molecule has 0 rings (SSSR count). The predicted molar refractivity (Wildman–Crippen MR) is 38.4 cm³/mol. The molecule has 0 radical (unpaired) electrons. The summed E-state index contributed by atoms with van der Waals surface area (Å²) in [5, 5.41) is 4.29. The van der Waals surface area contributed by atoms with E-state index in [2.05, 4.69) is 44.3 Å². The molecule has 0 aliphatic carbocycles. The molecule has 0 spiro atoms. The third kappa shape index (κ3) is 6.03. The summed E-state index contributed by atoms with van der Waals surface area (Å²) < 4.78 is 6.92. The second-order valence-electron chi connectivity index (χ2n) is 0.506. The van der Waals surface area contributed by atoms with Crippen LogP contribution in [-0.2, 0) is 0 Å². The molecule has 0 fully saturated rings. The van der Waals surface area contributed by atoms with E-state index in [1.807, 2.05) is 0 Å². The maximum absolute atomic E-state index is 4.23. The van der Waals surface area contributed by atoms with Crippen LogP contribution in [0.15, 0.2) is 9.53 Å². The van der Waals surface area contributed by atoms with Crippen molar-refractivity contribution in [1.29, 1.82) is 0 Å². The maximum atomic E-state index is 4.23. The number of hydrogen-bond acceptors (Lipinski definition) is 4. The van der Waals surface area contributed by atoms with E-state index in [1.54, 1.807) is 0 Å². The Hall–Kier alpha value is 0.0300. The van der Waals surface area contributed by atoms with Gasteiger partial charge in [-0.05, 0) is 24.4 Å². The molecule has 0 atom stereocenters. The van der Waals surface area contributed by atoms with Gasteiger partial charge in [0, 0.05) is 0 Å². The Balaban J connectivity index is 3.33. The van der Waals surface area contributed by atoms with E-state index >= 15 is 0 Å². The Morgan fingerprint density at radius 3 is 1.86 bits per heavy atom. The first kappa shape index (κ1) is 7.03. The molecule has 0 aromatic heterocycles. The molecule has 36 valence electrons. The third-order valence-corrected chi connectivity index (χ3v) is 1.12. The Morgan fingerprint density at radius 2 is 1.57 bits per heavy atom.